The number of hydrogen-bond acceptors (Lipinski definition) is 3. The quantitative estimate of drug-likeness (QED) is 0.780. The summed E-state index contributed by atoms with van der Waals surface area (Å²) in [6.07, 6.45) is 5.87. The van der Waals surface area contributed by atoms with Gasteiger partial charge in [0.25, 0.3) is 0 Å². The van der Waals surface area contributed by atoms with Gasteiger partial charge in [-0.05, 0) is 55.4 Å². The lowest BCUT2D eigenvalue weighted by molar-refractivity contribution is 0.422. The number of rotatable bonds is 5. The van der Waals surface area contributed by atoms with Crippen LogP contribution in [-0.2, 0) is 6.54 Å². The summed E-state index contributed by atoms with van der Waals surface area (Å²) >= 11 is 2.10. The van der Waals surface area contributed by atoms with Crippen molar-refractivity contribution in [1.82, 2.24) is 5.32 Å². The first-order chi connectivity index (χ1) is 7.45. The molecule has 0 amide bonds. The number of furan rings is 1. The van der Waals surface area contributed by atoms with Crippen LogP contribution in [0.4, 0.5) is 0 Å². The van der Waals surface area contributed by atoms with E-state index in [1.54, 1.807) is 6.26 Å². The molecule has 1 saturated heterocycles. The van der Waals surface area contributed by atoms with Crippen LogP contribution in [-0.4, -0.2) is 18.1 Å². The van der Waals surface area contributed by atoms with Crippen molar-refractivity contribution in [2.45, 2.75) is 25.8 Å². The van der Waals surface area contributed by atoms with Crippen LogP contribution in [0.5, 0.6) is 0 Å². The molecule has 84 valence electrons. The van der Waals surface area contributed by atoms with E-state index >= 15 is 0 Å². The van der Waals surface area contributed by atoms with Gasteiger partial charge in [-0.3, -0.25) is 0 Å². The molecule has 0 aliphatic carbocycles. The van der Waals surface area contributed by atoms with Gasteiger partial charge in [-0.25, -0.2) is 0 Å². The molecule has 0 atom stereocenters. The SMILES string of the molecule is c1coc(CNCCC2CCSCC2)c1. The Morgan fingerprint density at radius 2 is 2.27 bits per heavy atom. The predicted molar refractivity (Wildman–Crippen MR) is 65.1 cm³/mol. The van der Waals surface area contributed by atoms with E-state index in [1.165, 1.54) is 30.8 Å². The first kappa shape index (κ1) is 11.1. The van der Waals surface area contributed by atoms with E-state index in [9.17, 15) is 0 Å². The second-order valence-electron chi connectivity index (χ2n) is 4.10. The Balaban J connectivity index is 1.54. The zero-order valence-electron chi connectivity index (χ0n) is 9.08. The molecular formula is C12H19NOS. The minimum absolute atomic E-state index is 0.870. The van der Waals surface area contributed by atoms with Crippen molar-refractivity contribution in [1.29, 1.82) is 0 Å². The Morgan fingerprint density at radius 1 is 1.40 bits per heavy atom. The molecule has 0 bridgehead atoms. The van der Waals surface area contributed by atoms with Gasteiger partial charge in [0.15, 0.2) is 0 Å². The van der Waals surface area contributed by atoms with Crippen molar-refractivity contribution < 1.29 is 4.42 Å². The van der Waals surface area contributed by atoms with Gasteiger partial charge in [-0.1, -0.05) is 0 Å². The fraction of sp³-hybridized carbons (Fsp3) is 0.667. The summed E-state index contributed by atoms with van der Waals surface area (Å²) in [6, 6.07) is 3.96. The van der Waals surface area contributed by atoms with Crippen LogP contribution in [0.2, 0.25) is 0 Å². The van der Waals surface area contributed by atoms with Gasteiger partial charge >= 0.3 is 0 Å². The minimum Gasteiger partial charge on any atom is -0.468 e. The zero-order chi connectivity index (χ0) is 10.3. The van der Waals surface area contributed by atoms with E-state index in [2.05, 4.69) is 17.1 Å². The van der Waals surface area contributed by atoms with Gasteiger partial charge in [0.2, 0.25) is 0 Å². The third kappa shape index (κ3) is 3.92. The maximum absolute atomic E-state index is 5.26. The molecule has 1 fully saturated rings. The minimum atomic E-state index is 0.870. The lowest BCUT2D eigenvalue weighted by Gasteiger charge is -2.21. The molecule has 2 nitrogen and oxygen atoms in total. The summed E-state index contributed by atoms with van der Waals surface area (Å²) in [6.45, 7) is 1.99. The summed E-state index contributed by atoms with van der Waals surface area (Å²) in [5.74, 6) is 4.72. The molecule has 0 aromatic carbocycles. The first-order valence-electron chi connectivity index (χ1n) is 5.76. The largest absolute Gasteiger partial charge is 0.468 e. The Labute approximate surface area is 95.8 Å². The second kappa shape index (κ2) is 6.23. The summed E-state index contributed by atoms with van der Waals surface area (Å²) in [5.41, 5.74) is 0. The van der Waals surface area contributed by atoms with Crippen molar-refractivity contribution in [3.63, 3.8) is 0 Å². The number of hydrogen-bond donors (Lipinski definition) is 1. The van der Waals surface area contributed by atoms with Crippen molar-refractivity contribution in [2.75, 3.05) is 18.1 Å². The van der Waals surface area contributed by atoms with Crippen LogP contribution in [0.25, 0.3) is 0 Å². The molecule has 3 heteroatoms. The molecule has 1 aromatic rings. The van der Waals surface area contributed by atoms with E-state index in [-0.39, 0.29) is 0 Å². The van der Waals surface area contributed by atoms with Crippen LogP contribution in [0.1, 0.15) is 25.0 Å². The van der Waals surface area contributed by atoms with Gasteiger partial charge in [-0.2, -0.15) is 11.8 Å². The molecule has 0 saturated carbocycles. The maximum atomic E-state index is 5.26. The predicted octanol–water partition coefficient (Wildman–Crippen LogP) is 2.90. The van der Waals surface area contributed by atoms with E-state index < -0.39 is 0 Å². The standard InChI is InChI=1S/C12H19NOS/c1-2-12(14-7-1)10-13-6-3-11-4-8-15-9-5-11/h1-2,7,11,13H,3-6,8-10H2. The smallest absolute Gasteiger partial charge is 0.117 e. The molecule has 2 rings (SSSR count). The average molecular weight is 225 g/mol. The lowest BCUT2D eigenvalue weighted by Crippen LogP contribution is -2.19. The molecule has 1 aromatic heterocycles. The summed E-state index contributed by atoms with van der Waals surface area (Å²) < 4.78 is 5.26. The second-order valence-corrected chi connectivity index (χ2v) is 5.33. The molecule has 2 heterocycles. The van der Waals surface area contributed by atoms with Crippen LogP contribution < -0.4 is 5.32 Å². The van der Waals surface area contributed by atoms with E-state index in [0.29, 0.717) is 0 Å². The topological polar surface area (TPSA) is 25.2 Å². The monoisotopic (exact) mass is 225 g/mol. The highest BCUT2D eigenvalue weighted by atomic mass is 32.2. The molecule has 15 heavy (non-hydrogen) atoms. The van der Waals surface area contributed by atoms with Crippen molar-refractivity contribution in [2.24, 2.45) is 5.92 Å². The molecule has 0 radical (unpaired) electrons. The van der Waals surface area contributed by atoms with E-state index in [4.69, 9.17) is 4.42 Å². The fourth-order valence-corrected chi connectivity index (χ4v) is 3.17. The summed E-state index contributed by atoms with van der Waals surface area (Å²) in [5, 5.41) is 3.43. The zero-order valence-corrected chi connectivity index (χ0v) is 9.89. The fourth-order valence-electron chi connectivity index (χ4n) is 1.97. The van der Waals surface area contributed by atoms with Gasteiger partial charge < -0.3 is 9.73 Å². The van der Waals surface area contributed by atoms with Gasteiger partial charge in [-0.15, -0.1) is 0 Å². The molecule has 1 N–H and O–H groups in total. The average Bonchev–Trinajstić information content (AvgIpc) is 2.79. The van der Waals surface area contributed by atoms with Crippen molar-refractivity contribution in [3.05, 3.63) is 24.2 Å². The molecule has 0 unspecified atom stereocenters. The summed E-state index contributed by atoms with van der Waals surface area (Å²) in [4.78, 5) is 0. The highest BCUT2D eigenvalue weighted by Gasteiger charge is 2.12. The number of thioether (sulfide) groups is 1. The van der Waals surface area contributed by atoms with E-state index in [1.807, 2.05) is 12.1 Å². The maximum Gasteiger partial charge on any atom is 0.117 e. The lowest BCUT2D eigenvalue weighted by atomic mass is 9.99. The van der Waals surface area contributed by atoms with Crippen molar-refractivity contribution >= 4 is 11.8 Å². The van der Waals surface area contributed by atoms with E-state index in [0.717, 1.165) is 24.8 Å². The highest BCUT2D eigenvalue weighted by Crippen LogP contribution is 2.24. The van der Waals surface area contributed by atoms with Crippen LogP contribution in [0.3, 0.4) is 0 Å². The Morgan fingerprint density at radius 3 is 3.00 bits per heavy atom. The highest BCUT2D eigenvalue weighted by molar-refractivity contribution is 7.99. The number of nitrogens with one attached hydrogen (secondary N) is 1. The third-order valence-corrected chi connectivity index (χ3v) is 4.00. The molecule has 0 spiro atoms. The molecular weight excluding hydrogens is 206 g/mol. The van der Waals surface area contributed by atoms with Crippen LogP contribution in [0, 0.1) is 5.92 Å². The molecule has 1 aliphatic rings. The first-order valence-corrected chi connectivity index (χ1v) is 6.91. The summed E-state index contributed by atoms with van der Waals surface area (Å²) in [7, 11) is 0. The van der Waals surface area contributed by atoms with Gasteiger partial charge in [0, 0.05) is 0 Å². The Kier molecular flexibility index (Phi) is 4.61. The third-order valence-electron chi connectivity index (χ3n) is 2.95. The van der Waals surface area contributed by atoms with Crippen molar-refractivity contribution in [3.8, 4) is 0 Å². The van der Waals surface area contributed by atoms with Gasteiger partial charge in [0.05, 0.1) is 12.8 Å². The van der Waals surface area contributed by atoms with Crippen LogP contribution in [0.15, 0.2) is 22.8 Å². The normalized spacial score (nSPS) is 18.1. The molecule has 1 aliphatic heterocycles. The Bertz CT molecular complexity index is 255. The Hall–Kier alpha value is -0.410. The van der Waals surface area contributed by atoms with Crippen LogP contribution >= 0.6 is 11.8 Å². The van der Waals surface area contributed by atoms with Gasteiger partial charge in [0.1, 0.15) is 5.76 Å².